The van der Waals surface area contributed by atoms with Gasteiger partial charge in [0.2, 0.25) is 0 Å². The smallest absolute Gasteiger partial charge is 0.267 e. The highest BCUT2D eigenvalue weighted by Crippen LogP contribution is 2.27. The van der Waals surface area contributed by atoms with Crippen molar-refractivity contribution in [2.75, 3.05) is 5.32 Å². The number of rotatable bonds is 5. The van der Waals surface area contributed by atoms with E-state index in [1.807, 2.05) is 19.1 Å². The molecule has 0 unspecified atom stereocenters. The van der Waals surface area contributed by atoms with Crippen molar-refractivity contribution in [2.45, 2.75) is 13.3 Å². The predicted octanol–water partition coefficient (Wildman–Crippen LogP) is 3.81. The minimum Gasteiger partial charge on any atom is -0.364 e. The summed E-state index contributed by atoms with van der Waals surface area (Å²) in [5.74, 6) is -1.06. The molecule has 0 saturated carbocycles. The maximum atomic E-state index is 13.1. The van der Waals surface area contributed by atoms with Gasteiger partial charge in [0.05, 0.1) is 33.4 Å². The van der Waals surface area contributed by atoms with Crippen LogP contribution in [0.2, 0.25) is 0 Å². The van der Waals surface area contributed by atoms with Gasteiger partial charge in [0.15, 0.2) is 0 Å². The van der Waals surface area contributed by atoms with Crippen LogP contribution < -0.4 is 11.1 Å². The van der Waals surface area contributed by atoms with E-state index < -0.39 is 5.91 Å². The molecule has 7 nitrogen and oxygen atoms in total. The molecule has 2 amide bonds. The molecule has 2 heterocycles. The number of carbonyl (C=O) groups excluding carboxylic acids is 2. The molecule has 4 rings (SSSR count). The molecule has 0 saturated heterocycles. The van der Waals surface area contributed by atoms with Crippen LogP contribution in [0.4, 0.5) is 5.00 Å². The number of fused-ring (bicyclic) bond motifs is 1. The van der Waals surface area contributed by atoms with Crippen LogP contribution >= 0.6 is 11.3 Å². The number of aryl methyl sites for hydroxylation is 1. The zero-order valence-corrected chi connectivity index (χ0v) is 17.4. The number of primary amides is 1. The number of thiazole rings is 1. The normalized spacial score (nSPS) is 10.6. The van der Waals surface area contributed by atoms with E-state index in [9.17, 15) is 9.59 Å². The van der Waals surface area contributed by atoms with E-state index in [1.54, 1.807) is 36.4 Å². The lowest BCUT2D eigenvalue weighted by molar-refractivity contribution is 0.0996. The first kappa shape index (κ1) is 20.2. The second kappa shape index (κ2) is 8.34. The molecule has 0 atom stereocenters. The minimum atomic E-state index is -0.696. The van der Waals surface area contributed by atoms with Crippen molar-refractivity contribution in [1.82, 2.24) is 9.97 Å². The minimum absolute atomic E-state index is 0.0337. The Balaban J connectivity index is 1.60. The molecule has 3 N–H and O–H groups in total. The summed E-state index contributed by atoms with van der Waals surface area (Å²) in [5.41, 5.74) is 8.59. The Morgan fingerprint density at radius 1 is 1.13 bits per heavy atom. The van der Waals surface area contributed by atoms with E-state index >= 15 is 0 Å². The summed E-state index contributed by atoms with van der Waals surface area (Å²) >= 11 is 1.39. The molecular weight excluding hydrogens is 410 g/mol. The number of pyridine rings is 1. The molecule has 4 aromatic rings. The molecule has 0 fully saturated rings. The number of nitrogens with two attached hydrogens (primary N) is 1. The molecule has 0 aliphatic carbocycles. The van der Waals surface area contributed by atoms with Crippen LogP contribution in [0.1, 0.15) is 42.7 Å². The van der Waals surface area contributed by atoms with E-state index in [-0.39, 0.29) is 11.6 Å². The van der Waals surface area contributed by atoms with Gasteiger partial charge in [-0.15, -0.1) is 11.3 Å². The van der Waals surface area contributed by atoms with Crippen LogP contribution in [0.15, 0.2) is 54.6 Å². The topological polar surface area (TPSA) is 122 Å². The fourth-order valence-corrected chi connectivity index (χ4v) is 4.17. The summed E-state index contributed by atoms with van der Waals surface area (Å²) in [4.78, 5) is 33.5. The zero-order valence-electron chi connectivity index (χ0n) is 16.5. The number of carbonyl (C=O) groups is 2. The van der Waals surface area contributed by atoms with Crippen LogP contribution in [0, 0.1) is 18.3 Å². The average molecular weight is 427 g/mol. The Labute approximate surface area is 182 Å². The summed E-state index contributed by atoms with van der Waals surface area (Å²) < 4.78 is 0. The van der Waals surface area contributed by atoms with Crippen LogP contribution in [0.5, 0.6) is 0 Å². The van der Waals surface area contributed by atoms with Gasteiger partial charge in [-0.2, -0.15) is 5.26 Å². The molecule has 31 heavy (non-hydrogen) atoms. The number of nitrogens with zero attached hydrogens (tertiary/aromatic N) is 3. The Bertz CT molecular complexity index is 1350. The lowest BCUT2D eigenvalue weighted by Crippen LogP contribution is -2.17. The number of anilines is 1. The third-order valence-corrected chi connectivity index (χ3v) is 5.79. The first-order chi connectivity index (χ1) is 14.9. The van der Waals surface area contributed by atoms with Gasteiger partial charge < -0.3 is 11.1 Å². The van der Waals surface area contributed by atoms with Gasteiger partial charge in [-0.1, -0.05) is 30.3 Å². The number of hydrogen-bond acceptors (Lipinski definition) is 6. The third kappa shape index (κ3) is 4.27. The Kier molecular flexibility index (Phi) is 5.43. The summed E-state index contributed by atoms with van der Waals surface area (Å²) in [6, 6.07) is 17.9. The number of aromatic nitrogens is 2. The molecule has 8 heteroatoms. The highest BCUT2D eigenvalue weighted by Gasteiger charge is 2.18. The largest absolute Gasteiger partial charge is 0.364 e. The van der Waals surface area contributed by atoms with Gasteiger partial charge in [0.1, 0.15) is 10.7 Å². The van der Waals surface area contributed by atoms with E-state index in [0.29, 0.717) is 39.1 Å². The number of hydrogen-bond donors (Lipinski definition) is 2. The van der Waals surface area contributed by atoms with Crippen molar-refractivity contribution in [2.24, 2.45) is 5.73 Å². The second-order valence-corrected chi connectivity index (χ2v) is 7.98. The highest BCUT2D eigenvalue weighted by molar-refractivity contribution is 7.16. The van der Waals surface area contributed by atoms with Gasteiger partial charge >= 0.3 is 0 Å². The standard InChI is InChI=1S/C23H17N5O2S/c1-13-23(31-20(26-13)10-14-6-8-15(12-24)9-7-14)28-22(30)17-11-19(21(25)29)27-18-5-3-2-4-16(17)18/h2-9,11H,10H2,1H3,(H2,25,29)(H,28,30). The van der Waals surface area contributed by atoms with Crippen molar-refractivity contribution in [3.8, 4) is 6.07 Å². The number of para-hydroxylation sites is 1. The first-order valence-electron chi connectivity index (χ1n) is 9.41. The Morgan fingerprint density at radius 3 is 2.58 bits per heavy atom. The lowest BCUT2D eigenvalue weighted by Gasteiger charge is -2.08. The van der Waals surface area contributed by atoms with Crippen LogP contribution in [0.25, 0.3) is 10.9 Å². The monoisotopic (exact) mass is 427 g/mol. The number of nitrogens with one attached hydrogen (secondary N) is 1. The fraction of sp³-hybridized carbons (Fsp3) is 0.0870. The maximum Gasteiger partial charge on any atom is 0.267 e. The second-order valence-electron chi connectivity index (χ2n) is 6.90. The van der Waals surface area contributed by atoms with Gasteiger partial charge in [-0.25, -0.2) is 9.97 Å². The molecule has 2 aromatic heterocycles. The lowest BCUT2D eigenvalue weighted by atomic mass is 10.1. The van der Waals surface area contributed by atoms with E-state index in [2.05, 4.69) is 21.4 Å². The molecule has 0 spiro atoms. The van der Waals surface area contributed by atoms with Gasteiger partial charge in [-0.3, -0.25) is 9.59 Å². The molecular formula is C23H17N5O2S. The van der Waals surface area contributed by atoms with Crippen molar-refractivity contribution in [3.05, 3.63) is 87.7 Å². The number of amides is 2. The van der Waals surface area contributed by atoms with E-state index in [1.165, 1.54) is 17.4 Å². The van der Waals surface area contributed by atoms with Gasteiger partial charge in [0.25, 0.3) is 11.8 Å². The summed E-state index contributed by atoms with van der Waals surface area (Å²) in [5, 5.41) is 13.9. The van der Waals surface area contributed by atoms with Gasteiger partial charge in [0, 0.05) is 11.8 Å². The molecule has 0 radical (unpaired) electrons. The average Bonchev–Trinajstić information content (AvgIpc) is 3.11. The summed E-state index contributed by atoms with van der Waals surface area (Å²) in [6.07, 6.45) is 0.594. The quantitative estimate of drug-likeness (QED) is 0.501. The SMILES string of the molecule is Cc1nc(Cc2ccc(C#N)cc2)sc1NC(=O)c1cc(C(N)=O)nc2ccccc12. The molecule has 152 valence electrons. The van der Waals surface area contributed by atoms with Crippen molar-refractivity contribution >= 4 is 39.1 Å². The highest BCUT2D eigenvalue weighted by atomic mass is 32.1. The van der Waals surface area contributed by atoms with Crippen LogP contribution in [0.3, 0.4) is 0 Å². The maximum absolute atomic E-state index is 13.1. The fourth-order valence-electron chi connectivity index (χ4n) is 3.18. The number of benzene rings is 2. The van der Waals surface area contributed by atoms with Gasteiger partial charge in [-0.05, 0) is 36.8 Å². The van der Waals surface area contributed by atoms with Crippen LogP contribution in [-0.4, -0.2) is 21.8 Å². The van der Waals surface area contributed by atoms with E-state index in [0.717, 1.165) is 10.6 Å². The van der Waals surface area contributed by atoms with E-state index in [4.69, 9.17) is 11.0 Å². The third-order valence-electron chi connectivity index (χ3n) is 4.72. The molecule has 0 aliphatic heterocycles. The molecule has 2 aromatic carbocycles. The summed E-state index contributed by atoms with van der Waals surface area (Å²) in [7, 11) is 0. The number of nitriles is 1. The Hall–Kier alpha value is -4.09. The van der Waals surface area contributed by atoms with Crippen molar-refractivity contribution in [3.63, 3.8) is 0 Å². The molecule has 0 bridgehead atoms. The van der Waals surface area contributed by atoms with Crippen molar-refractivity contribution in [1.29, 1.82) is 5.26 Å². The zero-order chi connectivity index (χ0) is 22.0. The predicted molar refractivity (Wildman–Crippen MR) is 119 cm³/mol. The Morgan fingerprint density at radius 2 is 1.87 bits per heavy atom. The van der Waals surface area contributed by atoms with Crippen molar-refractivity contribution < 1.29 is 9.59 Å². The first-order valence-corrected chi connectivity index (χ1v) is 10.2. The molecule has 0 aliphatic rings. The summed E-state index contributed by atoms with van der Waals surface area (Å²) in [6.45, 7) is 1.83. The van der Waals surface area contributed by atoms with Crippen LogP contribution in [-0.2, 0) is 6.42 Å².